The first-order valence-electron chi connectivity index (χ1n) is 5.23. The number of rotatable bonds is 3. The van der Waals surface area contributed by atoms with Gasteiger partial charge in [0.25, 0.3) is 0 Å². The molecule has 1 aromatic carbocycles. The van der Waals surface area contributed by atoms with Crippen molar-refractivity contribution in [3.05, 3.63) is 33.9 Å². The average Bonchev–Trinajstić information content (AvgIpc) is 2.27. The highest BCUT2D eigenvalue weighted by atomic mass is 79.9. The Balaban J connectivity index is 2.48. The lowest BCUT2D eigenvalue weighted by molar-refractivity contribution is 0.208. The fourth-order valence-electron chi connectivity index (χ4n) is 1.57. The molecule has 0 aliphatic rings. The lowest BCUT2D eigenvalue weighted by atomic mass is 10.2. The topological polar surface area (TPSA) is 45.1 Å². The first-order valence-corrected chi connectivity index (χ1v) is 6.40. The van der Waals surface area contributed by atoms with Crippen molar-refractivity contribution < 1.29 is 5.11 Å². The molecular weight excluding hydrogens is 304 g/mol. The summed E-state index contributed by atoms with van der Waals surface area (Å²) in [5, 5.41) is 14.1. The number of benzene rings is 1. The lowest BCUT2D eigenvalue weighted by Crippen LogP contribution is -2.15. The largest absolute Gasteiger partial charge is 0.392 e. The van der Waals surface area contributed by atoms with Crippen LogP contribution in [0.3, 0.4) is 0 Å². The summed E-state index contributed by atoms with van der Waals surface area (Å²) < 4.78 is 0.868. The standard InChI is InChI=1S/C12H12BrClN2O/c1-7(17)5-16-12-9-3-2-8(14)4-11(9)15-6-10(12)13/h2-4,6-7,17H,5H2,1H3,(H,15,16). The monoisotopic (exact) mass is 314 g/mol. The van der Waals surface area contributed by atoms with Gasteiger partial charge in [0.1, 0.15) is 0 Å². The number of pyridine rings is 1. The lowest BCUT2D eigenvalue weighted by Gasteiger charge is -2.13. The van der Waals surface area contributed by atoms with Crippen molar-refractivity contribution in [1.29, 1.82) is 0 Å². The van der Waals surface area contributed by atoms with Crippen molar-refractivity contribution in [2.45, 2.75) is 13.0 Å². The molecule has 0 saturated heterocycles. The summed E-state index contributed by atoms with van der Waals surface area (Å²) in [7, 11) is 0. The molecule has 3 nitrogen and oxygen atoms in total. The van der Waals surface area contributed by atoms with E-state index in [0.717, 1.165) is 21.1 Å². The molecule has 2 rings (SSSR count). The van der Waals surface area contributed by atoms with Gasteiger partial charge in [0.05, 0.1) is 21.8 Å². The maximum absolute atomic E-state index is 9.31. The zero-order valence-electron chi connectivity index (χ0n) is 9.24. The van der Waals surface area contributed by atoms with Gasteiger partial charge in [-0.15, -0.1) is 0 Å². The molecule has 90 valence electrons. The minimum atomic E-state index is -0.405. The van der Waals surface area contributed by atoms with Gasteiger partial charge >= 0.3 is 0 Å². The fourth-order valence-corrected chi connectivity index (χ4v) is 2.19. The van der Waals surface area contributed by atoms with E-state index in [1.165, 1.54) is 0 Å². The van der Waals surface area contributed by atoms with Crippen LogP contribution in [0.1, 0.15) is 6.92 Å². The summed E-state index contributed by atoms with van der Waals surface area (Å²) >= 11 is 9.37. The third-order valence-corrected chi connectivity index (χ3v) is 3.20. The van der Waals surface area contributed by atoms with E-state index in [1.807, 2.05) is 18.2 Å². The number of hydrogen-bond donors (Lipinski definition) is 2. The molecule has 17 heavy (non-hydrogen) atoms. The van der Waals surface area contributed by atoms with Gasteiger partial charge in [0.15, 0.2) is 0 Å². The number of aliphatic hydroxyl groups excluding tert-OH is 1. The third kappa shape index (κ3) is 2.89. The Morgan fingerprint density at radius 3 is 3.00 bits per heavy atom. The number of aromatic nitrogens is 1. The van der Waals surface area contributed by atoms with Crippen molar-refractivity contribution in [3.63, 3.8) is 0 Å². The van der Waals surface area contributed by atoms with Crippen LogP contribution in [0.2, 0.25) is 5.02 Å². The van der Waals surface area contributed by atoms with E-state index in [9.17, 15) is 5.11 Å². The van der Waals surface area contributed by atoms with Crippen molar-refractivity contribution in [3.8, 4) is 0 Å². The maximum Gasteiger partial charge on any atom is 0.0738 e. The van der Waals surface area contributed by atoms with Crippen LogP contribution in [0.15, 0.2) is 28.9 Å². The van der Waals surface area contributed by atoms with Crippen LogP contribution in [-0.2, 0) is 0 Å². The highest BCUT2D eigenvalue weighted by Crippen LogP contribution is 2.31. The molecule has 0 fully saturated rings. The van der Waals surface area contributed by atoms with Crippen LogP contribution in [0.4, 0.5) is 5.69 Å². The van der Waals surface area contributed by atoms with E-state index in [-0.39, 0.29) is 0 Å². The zero-order valence-corrected chi connectivity index (χ0v) is 11.6. The predicted octanol–water partition coefficient (Wildman–Crippen LogP) is 3.44. The van der Waals surface area contributed by atoms with Gasteiger partial charge in [-0.1, -0.05) is 11.6 Å². The second kappa shape index (κ2) is 5.21. The molecule has 0 aliphatic heterocycles. The van der Waals surface area contributed by atoms with Crippen LogP contribution < -0.4 is 5.32 Å². The Labute approximate surface area is 113 Å². The molecule has 1 unspecified atom stereocenters. The van der Waals surface area contributed by atoms with Gasteiger partial charge in [-0.25, -0.2) is 0 Å². The summed E-state index contributed by atoms with van der Waals surface area (Å²) in [6, 6.07) is 5.56. The van der Waals surface area contributed by atoms with Crippen molar-refractivity contribution in [1.82, 2.24) is 4.98 Å². The number of fused-ring (bicyclic) bond motifs is 1. The average molecular weight is 316 g/mol. The molecule has 0 bridgehead atoms. The smallest absolute Gasteiger partial charge is 0.0738 e. The molecule has 1 atom stereocenters. The van der Waals surface area contributed by atoms with Crippen molar-refractivity contribution in [2.75, 3.05) is 11.9 Å². The van der Waals surface area contributed by atoms with E-state index in [2.05, 4.69) is 26.2 Å². The number of hydrogen-bond acceptors (Lipinski definition) is 3. The van der Waals surface area contributed by atoms with E-state index < -0.39 is 6.10 Å². The highest BCUT2D eigenvalue weighted by Gasteiger charge is 2.08. The summed E-state index contributed by atoms with van der Waals surface area (Å²) in [6.07, 6.45) is 1.32. The minimum Gasteiger partial charge on any atom is -0.392 e. The van der Waals surface area contributed by atoms with Gasteiger partial charge in [-0.3, -0.25) is 4.98 Å². The maximum atomic E-state index is 9.31. The van der Waals surface area contributed by atoms with Crippen molar-refractivity contribution in [2.24, 2.45) is 0 Å². The van der Waals surface area contributed by atoms with E-state index >= 15 is 0 Å². The predicted molar refractivity (Wildman–Crippen MR) is 74.6 cm³/mol. The van der Waals surface area contributed by atoms with Gasteiger partial charge < -0.3 is 10.4 Å². The number of nitrogens with zero attached hydrogens (tertiary/aromatic N) is 1. The molecule has 1 heterocycles. The summed E-state index contributed by atoms with van der Waals surface area (Å²) in [5.74, 6) is 0. The molecule has 0 amide bonds. The zero-order chi connectivity index (χ0) is 12.4. The molecular formula is C12H12BrClN2O. The molecule has 0 aliphatic carbocycles. The molecule has 0 radical (unpaired) electrons. The second-order valence-corrected chi connectivity index (χ2v) is 5.16. The van der Waals surface area contributed by atoms with E-state index in [1.54, 1.807) is 13.1 Å². The van der Waals surface area contributed by atoms with Crippen molar-refractivity contribution >= 4 is 44.1 Å². The van der Waals surface area contributed by atoms with E-state index in [4.69, 9.17) is 11.6 Å². The summed E-state index contributed by atoms with van der Waals surface area (Å²) in [4.78, 5) is 4.30. The fraction of sp³-hybridized carbons (Fsp3) is 0.250. The minimum absolute atomic E-state index is 0.405. The van der Waals surface area contributed by atoms with Gasteiger partial charge in [0, 0.05) is 23.2 Å². The second-order valence-electron chi connectivity index (χ2n) is 3.87. The molecule has 0 spiro atoms. The van der Waals surface area contributed by atoms with Gasteiger partial charge in [-0.2, -0.15) is 0 Å². The molecule has 0 saturated carbocycles. The van der Waals surface area contributed by atoms with E-state index in [0.29, 0.717) is 11.6 Å². The quantitative estimate of drug-likeness (QED) is 0.912. The Bertz CT molecular complexity index is 545. The molecule has 5 heteroatoms. The summed E-state index contributed by atoms with van der Waals surface area (Å²) in [6.45, 7) is 2.22. The van der Waals surface area contributed by atoms with Crippen LogP contribution >= 0.6 is 27.5 Å². The first-order chi connectivity index (χ1) is 8.08. The third-order valence-electron chi connectivity index (χ3n) is 2.36. The number of aliphatic hydroxyl groups is 1. The Hall–Kier alpha value is -0.840. The van der Waals surface area contributed by atoms with Gasteiger partial charge in [0.2, 0.25) is 0 Å². The normalized spacial score (nSPS) is 12.7. The SMILES string of the molecule is CC(O)CNc1c(Br)cnc2cc(Cl)ccc12. The van der Waals surface area contributed by atoms with Crippen LogP contribution in [-0.4, -0.2) is 22.7 Å². The number of anilines is 1. The highest BCUT2D eigenvalue weighted by molar-refractivity contribution is 9.10. The molecule has 2 N–H and O–H groups in total. The first kappa shape index (κ1) is 12.6. The van der Waals surface area contributed by atoms with Crippen LogP contribution in [0.5, 0.6) is 0 Å². The van der Waals surface area contributed by atoms with Crippen LogP contribution in [0, 0.1) is 0 Å². The molecule has 2 aromatic rings. The Morgan fingerprint density at radius 1 is 1.53 bits per heavy atom. The Kier molecular flexibility index (Phi) is 3.86. The summed E-state index contributed by atoms with van der Waals surface area (Å²) in [5.41, 5.74) is 1.75. The Morgan fingerprint density at radius 2 is 2.29 bits per heavy atom. The van der Waals surface area contributed by atoms with Gasteiger partial charge in [-0.05, 0) is 41.1 Å². The number of halogens is 2. The van der Waals surface area contributed by atoms with Crippen LogP contribution in [0.25, 0.3) is 10.9 Å². The number of nitrogens with one attached hydrogen (secondary N) is 1. The molecule has 1 aromatic heterocycles.